The van der Waals surface area contributed by atoms with E-state index in [-0.39, 0.29) is 36.0 Å². The number of hydrogen-bond acceptors (Lipinski definition) is 3. The van der Waals surface area contributed by atoms with Crippen molar-refractivity contribution in [3.63, 3.8) is 0 Å². The third-order valence-electron chi connectivity index (χ3n) is 5.01. The fraction of sp³-hybridized carbons (Fsp3) is 0.391. The molecule has 1 atom stereocenters. The molecule has 0 saturated carbocycles. The second kappa shape index (κ2) is 12.9. The van der Waals surface area contributed by atoms with Crippen molar-refractivity contribution in [2.45, 2.75) is 20.0 Å². The Hall–Kier alpha value is -1.84. The van der Waals surface area contributed by atoms with Gasteiger partial charge in [0.1, 0.15) is 6.10 Å². The monoisotopic (exact) mass is 556 g/mol. The number of carbonyl (C=O) groups is 1. The number of rotatable bonds is 6. The van der Waals surface area contributed by atoms with Crippen LogP contribution in [-0.4, -0.2) is 56.1 Å². The highest BCUT2D eigenvalue weighted by Gasteiger charge is 2.25. The summed E-state index contributed by atoms with van der Waals surface area (Å²) in [7, 11) is 0. The van der Waals surface area contributed by atoms with Crippen molar-refractivity contribution >= 4 is 47.4 Å². The topological polar surface area (TPSA) is 66.0 Å². The summed E-state index contributed by atoms with van der Waals surface area (Å²) in [5, 5.41) is 6.68. The smallest absolute Gasteiger partial charge is 0.252 e. The van der Waals surface area contributed by atoms with Gasteiger partial charge in [0.2, 0.25) is 0 Å². The Labute approximate surface area is 206 Å². The summed E-state index contributed by atoms with van der Waals surface area (Å²) in [5.41, 5.74) is 2.92. The Balaban J connectivity index is 0.00000341. The van der Waals surface area contributed by atoms with Crippen molar-refractivity contribution < 1.29 is 9.53 Å². The van der Waals surface area contributed by atoms with Crippen LogP contribution in [0, 0.1) is 6.92 Å². The van der Waals surface area contributed by atoms with E-state index >= 15 is 0 Å². The summed E-state index contributed by atoms with van der Waals surface area (Å²) in [4.78, 5) is 19.2. The minimum Gasteiger partial charge on any atom is -0.370 e. The third-order valence-corrected chi connectivity index (χ3v) is 5.34. The van der Waals surface area contributed by atoms with Gasteiger partial charge in [-0.2, -0.15) is 0 Å². The number of nitrogens with one attached hydrogen (secondary N) is 2. The fourth-order valence-corrected chi connectivity index (χ4v) is 3.70. The molecule has 2 N–H and O–H groups in total. The van der Waals surface area contributed by atoms with Gasteiger partial charge >= 0.3 is 0 Å². The Morgan fingerprint density at radius 1 is 1.19 bits per heavy atom. The maximum atomic E-state index is 12.3. The van der Waals surface area contributed by atoms with Gasteiger partial charge in [0.05, 0.1) is 30.3 Å². The number of hydrogen-bond donors (Lipinski definition) is 2. The van der Waals surface area contributed by atoms with Crippen LogP contribution >= 0.6 is 35.6 Å². The summed E-state index contributed by atoms with van der Waals surface area (Å²) in [6, 6.07) is 15.3. The number of ether oxygens (including phenoxy) is 1. The number of benzene rings is 2. The maximum Gasteiger partial charge on any atom is 0.252 e. The van der Waals surface area contributed by atoms with Crippen LogP contribution in [0.15, 0.2) is 53.5 Å². The third kappa shape index (κ3) is 7.08. The zero-order valence-corrected chi connectivity index (χ0v) is 21.0. The van der Waals surface area contributed by atoms with Crippen LogP contribution < -0.4 is 10.6 Å². The molecule has 8 heteroatoms. The van der Waals surface area contributed by atoms with Gasteiger partial charge in [0.15, 0.2) is 5.96 Å². The van der Waals surface area contributed by atoms with Crippen LogP contribution in [0.1, 0.15) is 34.5 Å². The van der Waals surface area contributed by atoms with E-state index in [4.69, 9.17) is 21.3 Å². The lowest BCUT2D eigenvalue weighted by atomic mass is 10.0. The predicted molar refractivity (Wildman–Crippen MR) is 137 cm³/mol. The van der Waals surface area contributed by atoms with Gasteiger partial charge in [-0.25, -0.2) is 0 Å². The maximum absolute atomic E-state index is 12.3. The number of carbonyl (C=O) groups excluding carboxylic acids is 1. The van der Waals surface area contributed by atoms with Crippen molar-refractivity contribution in [2.75, 3.05) is 39.3 Å². The average molecular weight is 557 g/mol. The minimum atomic E-state index is -0.188. The largest absolute Gasteiger partial charge is 0.370 e. The fourth-order valence-electron chi connectivity index (χ4n) is 3.48. The lowest BCUT2D eigenvalue weighted by molar-refractivity contribution is -0.00832. The molecule has 2 aromatic rings. The molecule has 1 fully saturated rings. The van der Waals surface area contributed by atoms with Crippen LogP contribution in [-0.2, 0) is 4.74 Å². The molecule has 6 nitrogen and oxygen atoms in total. The Kier molecular flexibility index (Phi) is 10.6. The zero-order valence-electron chi connectivity index (χ0n) is 17.9. The number of aryl methyl sites for hydroxylation is 1. The number of guanidine groups is 1. The molecule has 2 aromatic carbocycles. The van der Waals surface area contributed by atoms with E-state index in [1.165, 1.54) is 11.1 Å². The van der Waals surface area contributed by atoms with Gasteiger partial charge in [-0.05, 0) is 37.1 Å². The number of aliphatic imine (C=N–C) groups is 1. The molecule has 31 heavy (non-hydrogen) atoms. The van der Waals surface area contributed by atoms with E-state index in [1.54, 1.807) is 24.3 Å². The number of amides is 1. The normalized spacial score (nSPS) is 16.4. The molecule has 1 aliphatic rings. The van der Waals surface area contributed by atoms with Gasteiger partial charge in [-0.3, -0.25) is 9.79 Å². The highest BCUT2D eigenvalue weighted by molar-refractivity contribution is 14.0. The molecular formula is C23H30ClIN4O2. The molecule has 1 unspecified atom stereocenters. The highest BCUT2D eigenvalue weighted by Crippen LogP contribution is 2.25. The second-order valence-electron chi connectivity index (χ2n) is 7.13. The molecule has 1 amide bonds. The van der Waals surface area contributed by atoms with E-state index in [9.17, 15) is 4.79 Å². The quantitative estimate of drug-likeness (QED) is 0.244. The van der Waals surface area contributed by atoms with Gasteiger partial charge in [0.25, 0.3) is 5.91 Å². The van der Waals surface area contributed by atoms with Crippen molar-refractivity contribution in [1.82, 2.24) is 15.5 Å². The number of morpholine rings is 1. The SMILES string of the molecule is CCNC(=NCCNC(=O)c1ccccc1Cl)N1CCOC(c2ccccc2C)C1.I. The van der Waals surface area contributed by atoms with Crippen LogP contribution in [0.3, 0.4) is 0 Å². The van der Waals surface area contributed by atoms with Crippen LogP contribution in [0.5, 0.6) is 0 Å². The Morgan fingerprint density at radius 3 is 2.68 bits per heavy atom. The molecule has 0 aromatic heterocycles. The highest BCUT2D eigenvalue weighted by atomic mass is 127. The molecule has 168 valence electrons. The first-order chi connectivity index (χ1) is 14.6. The average Bonchev–Trinajstić information content (AvgIpc) is 2.76. The van der Waals surface area contributed by atoms with E-state index in [0.717, 1.165) is 25.6 Å². The summed E-state index contributed by atoms with van der Waals surface area (Å²) in [5.74, 6) is 0.651. The predicted octanol–water partition coefficient (Wildman–Crippen LogP) is 4.04. The van der Waals surface area contributed by atoms with Crippen molar-refractivity contribution in [3.05, 3.63) is 70.2 Å². The van der Waals surface area contributed by atoms with E-state index in [1.807, 2.05) is 19.1 Å². The number of nitrogens with zero attached hydrogens (tertiary/aromatic N) is 2. The molecular weight excluding hydrogens is 527 g/mol. The van der Waals surface area contributed by atoms with Crippen LogP contribution in [0.4, 0.5) is 0 Å². The van der Waals surface area contributed by atoms with Gasteiger partial charge in [0, 0.05) is 19.6 Å². The minimum absolute atomic E-state index is 0. The molecule has 1 saturated heterocycles. The van der Waals surface area contributed by atoms with E-state index in [2.05, 4.69) is 34.6 Å². The van der Waals surface area contributed by atoms with Crippen molar-refractivity contribution in [2.24, 2.45) is 4.99 Å². The summed E-state index contributed by atoms with van der Waals surface area (Å²) in [6.45, 7) is 8.01. The first-order valence-electron chi connectivity index (χ1n) is 10.3. The lowest BCUT2D eigenvalue weighted by Gasteiger charge is -2.35. The molecule has 0 spiro atoms. The van der Waals surface area contributed by atoms with Crippen molar-refractivity contribution in [3.8, 4) is 0 Å². The molecule has 0 radical (unpaired) electrons. The van der Waals surface area contributed by atoms with Crippen molar-refractivity contribution in [1.29, 1.82) is 0 Å². The molecule has 1 heterocycles. The molecule has 3 rings (SSSR count). The summed E-state index contributed by atoms with van der Waals surface area (Å²) in [6.07, 6.45) is 0.0173. The van der Waals surface area contributed by atoms with E-state index in [0.29, 0.717) is 30.3 Å². The van der Waals surface area contributed by atoms with Gasteiger partial charge in [-0.15, -0.1) is 24.0 Å². The first kappa shape index (κ1) is 25.4. The zero-order chi connectivity index (χ0) is 21.3. The second-order valence-corrected chi connectivity index (χ2v) is 7.54. The molecule has 0 aliphatic carbocycles. The van der Waals surface area contributed by atoms with Gasteiger partial charge < -0.3 is 20.3 Å². The van der Waals surface area contributed by atoms with Crippen LogP contribution in [0.2, 0.25) is 5.02 Å². The summed E-state index contributed by atoms with van der Waals surface area (Å²) < 4.78 is 6.03. The first-order valence-corrected chi connectivity index (χ1v) is 10.7. The molecule has 1 aliphatic heterocycles. The lowest BCUT2D eigenvalue weighted by Crippen LogP contribution is -2.48. The summed E-state index contributed by atoms with van der Waals surface area (Å²) >= 11 is 6.08. The Bertz CT molecular complexity index is 893. The van der Waals surface area contributed by atoms with Gasteiger partial charge in [-0.1, -0.05) is 48.0 Å². The van der Waals surface area contributed by atoms with E-state index < -0.39 is 0 Å². The van der Waals surface area contributed by atoms with Crippen LogP contribution in [0.25, 0.3) is 0 Å². The standard InChI is InChI=1S/C23H29ClN4O2.HI/c1-3-25-23(27-13-12-26-22(29)19-10-6-7-11-20(19)24)28-14-15-30-21(16-28)18-9-5-4-8-17(18)2;/h4-11,21H,3,12-16H2,1-2H3,(H,25,27)(H,26,29);1H. The number of halogens is 2. The molecule has 0 bridgehead atoms. The Morgan fingerprint density at radius 2 is 1.94 bits per heavy atom.